The number of halogens is 3. The van der Waals surface area contributed by atoms with Crippen LogP contribution in [-0.2, 0) is 26.7 Å². The van der Waals surface area contributed by atoms with E-state index in [2.05, 4.69) is 5.32 Å². The molecule has 0 radical (unpaired) electrons. The van der Waals surface area contributed by atoms with Gasteiger partial charge in [0.1, 0.15) is 5.75 Å². The molecular weight excluding hydrogens is 585 g/mol. The SMILES string of the molecule is Cc1c(-c2cccc(NC3CCN(S(=O)(=O)Cc4cccc(C(F)(F)F)c4)CC3)c2)sc(C(=O)O)c1OCC(=O)O. The number of ether oxygens (including phenoxy) is 1. The molecular formula is C27H27F3N2O7S2. The number of rotatable bonds is 10. The molecule has 0 aliphatic carbocycles. The molecule has 1 aliphatic heterocycles. The lowest BCUT2D eigenvalue weighted by atomic mass is 10.0. The van der Waals surface area contributed by atoms with Crippen molar-refractivity contribution in [2.45, 2.75) is 37.7 Å². The molecule has 3 N–H and O–H groups in total. The number of benzene rings is 2. The fourth-order valence-electron chi connectivity index (χ4n) is 4.63. The molecule has 1 aliphatic rings. The number of thiophene rings is 1. The fourth-order valence-corrected chi connectivity index (χ4v) is 7.26. The van der Waals surface area contributed by atoms with Crippen LogP contribution < -0.4 is 10.1 Å². The van der Waals surface area contributed by atoms with E-state index in [9.17, 15) is 36.3 Å². The summed E-state index contributed by atoms with van der Waals surface area (Å²) in [6, 6.07) is 11.5. The van der Waals surface area contributed by atoms with E-state index in [0.717, 1.165) is 29.2 Å². The van der Waals surface area contributed by atoms with Gasteiger partial charge in [-0.1, -0.05) is 30.3 Å². The highest BCUT2D eigenvalue weighted by molar-refractivity contribution is 7.88. The van der Waals surface area contributed by atoms with E-state index in [1.54, 1.807) is 19.1 Å². The quantitative estimate of drug-likeness (QED) is 0.281. The molecule has 0 atom stereocenters. The minimum atomic E-state index is -4.56. The molecule has 2 aromatic carbocycles. The molecule has 41 heavy (non-hydrogen) atoms. The molecule has 0 saturated carbocycles. The maximum absolute atomic E-state index is 13.0. The Hall–Kier alpha value is -3.62. The summed E-state index contributed by atoms with van der Waals surface area (Å²) in [5, 5.41) is 21.9. The lowest BCUT2D eigenvalue weighted by molar-refractivity contribution is -0.139. The van der Waals surface area contributed by atoms with Crippen LogP contribution in [0.2, 0.25) is 0 Å². The van der Waals surface area contributed by atoms with Gasteiger partial charge in [0.05, 0.1) is 11.3 Å². The monoisotopic (exact) mass is 612 g/mol. The Kier molecular flexibility index (Phi) is 8.94. The van der Waals surface area contributed by atoms with Crippen LogP contribution in [0.25, 0.3) is 10.4 Å². The standard InChI is InChI=1S/C27H27F3N2O7S2/c1-16-23(39-14-22(33)34)25(26(35)36)40-24(16)18-5-3-7-21(13-18)31-20-8-10-32(11-9-20)41(37,38)15-17-4-2-6-19(12-17)27(28,29)30/h2-7,12-13,20,31H,8-11,14-15H2,1H3,(H,33,34)(H,35,36). The summed E-state index contributed by atoms with van der Waals surface area (Å²) in [5.74, 6) is -2.96. The Morgan fingerprint density at radius 2 is 1.78 bits per heavy atom. The van der Waals surface area contributed by atoms with E-state index >= 15 is 0 Å². The van der Waals surface area contributed by atoms with E-state index in [1.165, 1.54) is 16.4 Å². The number of carboxylic acids is 2. The maximum atomic E-state index is 13.0. The molecule has 14 heteroatoms. The summed E-state index contributed by atoms with van der Waals surface area (Å²) in [6.07, 6.45) is -3.61. The molecule has 1 aromatic heterocycles. The zero-order chi connectivity index (χ0) is 29.9. The van der Waals surface area contributed by atoms with Crippen molar-refractivity contribution in [3.63, 3.8) is 0 Å². The maximum Gasteiger partial charge on any atom is 0.416 e. The topological polar surface area (TPSA) is 133 Å². The van der Waals surface area contributed by atoms with E-state index in [0.29, 0.717) is 28.8 Å². The molecule has 0 amide bonds. The van der Waals surface area contributed by atoms with Crippen molar-refractivity contribution in [3.05, 3.63) is 70.1 Å². The van der Waals surface area contributed by atoms with Gasteiger partial charge in [-0.3, -0.25) is 0 Å². The van der Waals surface area contributed by atoms with Crippen molar-refractivity contribution in [2.24, 2.45) is 0 Å². The predicted octanol–water partition coefficient (Wildman–Crippen LogP) is 5.31. The first-order chi connectivity index (χ1) is 19.2. The number of nitrogens with zero attached hydrogens (tertiary/aromatic N) is 1. The third-order valence-electron chi connectivity index (χ3n) is 6.57. The molecule has 1 saturated heterocycles. The van der Waals surface area contributed by atoms with Gasteiger partial charge < -0.3 is 20.3 Å². The zero-order valence-electron chi connectivity index (χ0n) is 21.8. The Balaban J connectivity index is 1.42. The van der Waals surface area contributed by atoms with Gasteiger partial charge in [-0.15, -0.1) is 11.3 Å². The number of sulfonamides is 1. The van der Waals surface area contributed by atoms with Gasteiger partial charge in [-0.2, -0.15) is 13.2 Å². The largest absolute Gasteiger partial charge is 0.480 e. The smallest absolute Gasteiger partial charge is 0.416 e. The molecule has 3 aromatic rings. The Morgan fingerprint density at radius 3 is 2.41 bits per heavy atom. The second-order valence-corrected chi connectivity index (χ2v) is 12.5. The van der Waals surface area contributed by atoms with Crippen molar-refractivity contribution >= 4 is 39.0 Å². The summed E-state index contributed by atoms with van der Waals surface area (Å²) in [5.41, 5.74) is 1.11. The molecule has 0 unspecified atom stereocenters. The summed E-state index contributed by atoms with van der Waals surface area (Å²) < 4.78 is 71.4. The van der Waals surface area contributed by atoms with Crippen LogP contribution in [0.5, 0.6) is 5.75 Å². The second kappa shape index (κ2) is 12.1. The van der Waals surface area contributed by atoms with Gasteiger partial charge in [0, 0.05) is 35.3 Å². The highest BCUT2D eigenvalue weighted by Crippen LogP contribution is 2.42. The predicted molar refractivity (Wildman–Crippen MR) is 147 cm³/mol. The van der Waals surface area contributed by atoms with Crippen molar-refractivity contribution in [3.8, 4) is 16.2 Å². The van der Waals surface area contributed by atoms with Crippen LogP contribution in [0.3, 0.4) is 0 Å². The first-order valence-electron chi connectivity index (χ1n) is 12.5. The summed E-state index contributed by atoms with van der Waals surface area (Å²) in [6.45, 7) is 1.39. The number of carboxylic acid groups (broad SMARTS) is 2. The highest BCUT2D eigenvalue weighted by Gasteiger charge is 2.32. The third-order valence-corrected chi connectivity index (χ3v) is 9.73. The van der Waals surface area contributed by atoms with Crippen molar-refractivity contribution < 1.29 is 46.1 Å². The normalized spacial score (nSPS) is 15.0. The lowest BCUT2D eigenvalue weighted by Crippen LogP contribution is -2.42. The number of aromatic carboxylic acids is 1. The number of anilines is 1. The van der Waals surface area contributed by atoms with E-state index in [1.807, 2.05) is 12.1 Å². The Labute approximate surface area is 238 Å². The minimum Gasteiger partial charge on any atom is -0.480 e. The number of hydrogen-bond acceptors (Lipinski definition) is 7. The van der Waals surface area contributed by atoms with Gasteiger partial charge in [0.15, 0.2) is 11.5 Å². The van der Waals surface area contributed by atoms with Crippen molar-refractivity contribution in [1.82, 2.24) is 4.31 Å². The van der Waals surface area contributed by atoms with E-state index in [4.69, 9.17) is 9.84 Å². The number of alkyl halides is 3. The van der Waals surface area contributed by atoms with Crippen LogP contribution in [0.1, 0.15) is 39.2 Å². The van der Waals surface area contributed by atoms with Crippen LogP contribution in [0.15, 0.2) is 48.5 Å². The molecule has 220 valence electrons. The number of aliphatic carboxylic acids is 1. The van der Waals surface area contributed by atoms with Gasteiger partial charge in [0.25, 0.3) is 0 Å². The Bertz CT molecular complexity index is 1550. The summed E-state index contributed by atoms with van der Waals surface area (Å²) >= 11 is 0.979. The van der Waals surface area contributed by atoms with Crippen molar-refractivity contribution in [1.29, 1.82) is 0 Å². The van der Waals surface area contributed by atoms with Crippen LogP contribution in [-0.4, -0.2) is 60.6 Å². The highest BCUT2D eigenvalue weighted by atomic mass is 32.2. The Morgan fingerprint density at radius 1 is 1.10 bits per heavy atom. The van der Waals surface area contributed by atoms with Gasteiger partial charge in [-0.25, -0.2) is 22.3 Å². The van der Waals surface area contributed by atoms with Crippen LogP contribution in [0, 0.1) is 6.92 Å². The number of piperidine rings is 1. The fraction of sp³-hybridized carbons (Fsp3) is 0.333. The summed E-state index contributed by atoms with van der Waals surface area (Å²) in [4.78, 5) is 23.2. The minimum absolute atomic E-state index is 0.0111. The van der Waals surface area contributed by atoms with Gasteiger partial charge >= 0.3 is 18.1 Å². The molecule has 9 nitrogen and oxygen atoms in total. The zero-order valence-corrected chi connectivity index (χ0v) is 23.4. The first-order valence-corrected chi connectivity index (χ1v) is 14.9. The molecule has 0 bridgehead atoms. The molecule has 2 heterocycles. The van der Waals surface area contributed by atoms with E-state index < -0.39 is 46.1 Å². The molecule has 0 spiro atoms. The molecule has 4 rings (SSSR count). The lowest BCUT2D eigenvalue weighted by Gasteiger charge is -2.32. The van der Waals surface area contributed by atoms with Gasteiger partial charge in [-0.05, 0) is 49.1 Å². The number of nitrogens with one attached hydrogen (secondary N) is 1. The average Bonchev–Trinajstić information content (AvgIpc) is 3.23. The summed E-state index contributed by atoms with van der Waals surface area (Å²) in [7, 11) is -3.82. The van der Waals surface area contributed by atoms with Crippen LogP contribution >= 0.6 is 11.3 Å². The second-order valence-electron chi connectivity index (χ2n) is 9.55. The van der Waals surface area contributed by atoms with Crippen molar-refractivity contribution in [2.75, 3.05) is 25.0 Å². The number of hydrogen-bond donors (Lipinski definition) is 3. The van der Waals surface area contributed by atoms with E-state index in [-0.39, 0.29) is 35.3 Å². The molecule has 1 fully saturated rings. The van der Waals surface area contributed by atoms with Gasteiger partial charge in [0.2, 0.25) is 10.0 Å². The average molecular weight is 613 g/mol. The third kappa shape index (κ3) is 7.37. The number of carbonyl (C=O) groups is 2. The van der Waals surface area contributed by atoms with Crippen LogP contribution in [0.4, 0.5) is 18.9 Å². The first kappa shape index (κ1) is 30.3.